The van der Waals surface area contributed by atoms with Crippen LogP contribution in [0.15, 0.2) is 133 Å². The van der Waals surface area contributed by atoms with Gasteiger partial charge in [0.15, 0.2) is 14.3 Å². The lowest BCUT2D eigenvalue weighted by Gasteiger charge is -2.26. The number of fused-ring (bicyclic) bond motifs is 1. The Bertz CT molecular complexity index is 2120. The molecule has 0 aliphatic carbocycles. The molecule has 0 aliphatic heterocycles. The van der Waals surface area contributed by atoms with Crippen LogP contribution in [0.4, 0.5) is 52.7 Å². The quantitative estimate of drug-likeness (QED) is 0.124. The van der Waals surface area contributed by atoms with Gasteiger partial charge in [-0.3, -0.25) is 0 Å². The molecule has 0 N–H and O–H groups in total. The number of halogens is 12. The lowest BCUT2D eigenvalue weighted by atomic mass is 10.1. The summed E-state index contributed by atoms with van der Waals surface area (Å²) in [4.78, 5) is 0. The van der Waals surface area contributed by atoms with Gasteiger partial charge in [0.2, 0.25) is 0 Å². The second-order valence-electron chi connectivity index (χ2n) is 12.0. The molecule has 0 bridgehead atoms. The van der Waals surface area contributed by atoms with Crippen molar-refractivity contribution >= 4 is 56.9 Å². The Kier molecular flexibility index (Phi) is 9.72. The molecule has 0 saturated heterocycles. The molecule has 0 fully saturated rings. The van der Waals surface area contributed by atoms with Crippen LogP contribution in [0.1, 0.15) is 22.3 Å². The largest absolute Gasteiger partial charge is 0.416 e. The van der Waals surface area contributed by atoms with E-state index in [-0.39, 0.29) is 42.6 Å². The zero-order chi connectivity index (χ0) is 39.5. The predicted molar refractivity (Wildman–Crippen MR) is 183 cm³/mol. The average Bonchev–Trinajstić information content (AvgIpc) is 3.12. The Morgan fingerprint density at radius 1 is 0.296 bits per heavy atom. The summed E-state index contributed by atoms with van der Waals surface area (Å²) in [5, 5.41) is -0.929. The van der Waals surface area contributed by atoms with Gasteiger partial charge in [-0.1, -0.05) is 72.8 Å². The summed E-state index contributed by atoms with van der Waals surface area (Å²) in [6.07, 6.45) is -19.2. The Morgan fingerprint density at radius 2 is 0.500 bits per heavy atom. The fourth-order valence-corrected chi connectivity index (χ4v) is 11.7. The maximum absolute atomic E-state index is 15.5. The molecule has 2 nitrogen and oxygen atoms in total. The molecular formula is C38H22F12O2P2. The van der Waals surface area contributed by atoms with E-state index in [1.54, 1.807) is 0 Å². The highest BCUT2D eigenvalue weighted by atomic mass is 31.2. The van der Waals surface area contributed by atoms with E-state index in [2.05, 4.69) is 0 Å². The molecular weight excluding hydrogens is 778 g/mol. The number of benzene rings is 6. The van der Waals surface area contributed by atoms with Gasteiger partial charge in [-0.05, 0) is 71.4 Å². The maximum Gasteiger partial charge on any atom is 0.416 e. The van der Waals surface area contributed by atoms with Gasteiger partial charge in [-0.25, -0.2) is 0 Å². The van der Waals surface area contributed by atoms with E-state index >= 15 is 9.13 Å². The second kappa shape index (κ2) is 13.5. The normalized spacial score (nSPS) is 13.3. The third kappa shape index (κ3) is 7.09. The number of hydrogen-bond acceptors (Lipinski definition) is 2. The zero-order valence-corrected chi connectivity index (χ0v) is 28.7. The number of hydrogen-bond donors (Lipinski definition) is 0. The Hall–Kier alpha value is -4.80. The van der Waals surface area contributed by atoms with Crippen LogP contribution >= 0.6 is 14.3 Å². The van der Waals surface area contributed by atoms with E-state index in [1.807, 2.05) is 0 Å². The molecule has 0 unspecified atom stereocenters. The van der Waals surface area contributed by atoms with Crippen molar-refractivity contribution < 1.29 is 61.8 Å². The van der Waals surface area contributed by atoms with Crippen LogP contribution in [0.5, 0.6) is 0 Å². The number of alkyl halides is 12. The molecule has 6 rings (SSSR count). The smallest absolute Gasteiger partial charge is 0.309 e. The molecule has 280 valence electrons. The molecule has 54 heavy (non-hydrogen) atoms. The summed E-state index contributed by atoms with van der Waals surface area (Å²) >= 11 is 0. The van der Waals surface area contributed by atoms with Crippen molar-refractivity contribution in [2.75, 3.05) is 0 Å². The molecule has 0 saturated carbocycles. The fraction of sp³-hybridized carbons (Fsp3) is 0.105. The van der Waals surface area contributed by atoms with Crippen LogP contribution in [0.2, 0.25) is 0 Å². The summed E-state index contributed by atoms with van der Waals surface area (Å²) in [6.45, 7) is 0. The monoisotopic (exact) mass is 800 g/mol. The van der Waals surface area contributed by atoms with E-state index in [4.69, 9.17) is 0 Å². The summed E-state index contributed by atoms with van der Waals surface area (Å²) in [5.41, 5.74) is -4.39. The highest BCUT2D eigenvalue weighted by molar-refractivity contribution is 7.86. The summed E-state index contributed by atoms with van der Waals surface area (Å²) in [5.74, 6) is 0. The molecule has 6 aromatic rings. The van der Waals surface area contributed by atoms with Crippen LogP contribution in [0, 0.1) is 0 Å². The van der Waals surface area contributed by atoms with Crippen molar-refractivity contribution in [2.24, 2.45) is 0 Å². The first-order valence-electron chi connectivity index (χ1n) is 15.5. The first-order chi connectivity index (χ1) is 25.1. The van der Waals surface area contributed by atoms with Gasteiger partial charge in [-0.15, -0.1) is 0 Å². The maximum atomic E-state index is 15.5. The van der Waals surface area contributed by atoms with Crippen molar-refractivity contribution in [1.82, 2.24) is 0 Å². The molecule has 0 amide bonds. The highest BCUT2D eigenvalue weighted by Crippen LogP contribution is 2.49. The fourth-order valence-electron chi connectivity index (χ4n) is 6.11. The van der Waals surface area contributed by atoms with E-state index in [1.165, 1.54) is 36.4 Å². The zero-order valence-electron chi connectivity index (χ0n) is 26.9. The lowest BCUT2D eigenvalue weighted by molar-refractivity contribution is -0.138. The summed E-state index contributed by atoms with van der Waals surface area (Å²) < 4.78 is 193. The first-order valence-corrected chi connectivity index (χ1v) is 18.9. The third-order valence-electron chi connectivity index (χ3n) is 8.79. The van der Waals surface area contributed by atoms with Gasteiger partial charge in [0.25, 0.3) is 0 Å². The van der Waals surface area contributed by atoms with Gasteiger partial charge >= 0.3 is 24.7 Å². The van der Waals surface area contributed by atoms with Crippen LogP contribution in [-0.2, 0) is 33.8 Å². The molecule has 6 aromatic carbocycles. The summed E-state index contributed by atoms with van der Waals surface area (Å²) in [7, 11) is -8.81. The predicted octanol–water partition coefficient (Wildman–Crippen LogP) is 10.2. The molecule has 0 radical (unpaired) electrons. The van der Waals surface area contributed by atoms with E-state index in [9.17, 15) is 52.7 Å². The van der Waals surface area contributed by atoms with Gasteiger partial charge in [0.1, 0.15) is 0 Å². The van der Waals surface area contributed by atoms with Gasteiger partial charge < -0.3 is 9.13 Å². The number of rotatable bonds is 6. The minimum absolute atomic E-state index is 0.0529. The van der Waals surface area contributed by atoms with Crippen LogP contribution in [0.25, 0.3) is 10.8 Å². The van der Waals surface area contributed by atoms with Crippen LogP contribution < -0.4 is 31.8 Å². The Balaban J connectivity index is 1.64. The van der Waals surface area contributed by atoms with Gasteiger partial charge in [0.05, 0.1) is 22.3 Å². The Labute approximate surface area is 298 Å². The van der Waals surface area contributed by atoms with E-state index in [0.717, 1.165) is 48.5 Å². The lowest BCUT2D eigenvalue weighted by Crippen LogP contribution is -2.30. The Morgan fingerprint density at radius 3 is 0.685 bits per heavy atom. The van der Waals surface area contributed by atoms with Gasteiger partial charge in [0, 0.05) is 31.8 Å². The standard InChI is InChI=1S/C38H22F12O2P2/c39-35(40,41)23-5-13-27(14-6-23)53(51,28-15-7-24(8-16-28)36(42,43)44)33-21-22-34(32-4-2-1-3-31(32)33)54(52,29-17-9-25(10-18-29)37(45,46)47)30-19-11-26(12-20-30)38(48,49)50/h1-22H. The topological polar surface area (TPSA) is 34.1 Å². The van der Waals surface area contributed by atoms with Gasteiger partial charge in [-0.2, -0.15) is 52.7 Å². The van der Waals surface area contributed by atoms with Crippen LogP contribution in [0.3, 0.4) is 0 Å². The van der Waals surface area contributed by atoms with Crippen molar-refractivity contribution in [3.8, 4) is 0 Å². The molecule has 0 aromatic heterocycles. The van der Waals surface area contributed by atoms with Crippen molar-refractivity contribution in [3.05, 3.63) is 156 Å². The van der Waals surface area contributed by atoms with Crippen molar-refractivity contribution in [3.63, 3.8) is 0 Å². The average molecular weight is 801 g/mol. The summed E-state index contributed by atoms with van der Waals surface area (Å²) in [6, 6.07) is 20.8. The molecule has 0 heterocycles. The minimum Gasteiger partial charge on any atom is -0.309 e. The first kappa shape index (κ1) is 38.9. The molecule has 0 aliphatic rings. The van der Waals surface area contributed by atoms with E-state index < -0.39 is 61.2 Å². The molecule has 0 spiro atoms. The van der Waals surface area contributed by atoms with Crippen molar-refractivity contribution in [1.29, 1.82) is 0 Å². The molecule has 0 atom stereocenters. The third-order valence-corrected chi connectivity index (χ3v) is 15.0. The highest BCUT2D eigenvalue weighted by Gasteiger charge is 2.40. The molecule has 16 heteroatoms. The van der Waals surface area contributed by atoms with Crippen molar-refractivity contribution in [2.45, 2.75) is 24.7 Å². The second-order valence-corrected chi connectivity index (χ2v) is 17.5. The van der Waals surface area contributed by atoms with E-state index in [0.29, 0.717) is 48.5 Å². The van der Waals surface area contributed by atoms with Crippen LogP contribution in [-0.4, -0.2) is 0 Å². The minimum atomic E-state index is -4.79. The SMILES string of the molecule is O=P(c1ccc(C(F)(F)F)cc1)(c1ccc(C(F)(F)F)cc1)c1ccc(P(=O)(c2ccc(C(F)(F)F)cc2)c2ccc(C(F)(F)F)cc2)c2ccccc12.